The maximum atomic E-state index is 5.71. The zero-order valence-electron chi connectivity index (χ0n) is 9.37. The fourth-order valence-electron chi connectivity index (χ4n) is 1.46. The Kier molecular flexibility index (Phi) is 5.08. The highest BCUT2D eigenvalue weighted by atomic mass is 14.9. The van der Waals surface area contributed by atoms with Gasteiger partial charge in [0.25, 0.3) is 0 Å². The summed E-state index contributed by atoms with van der Waals surface area (Å²) in [6, 6.07) is 10.7. The number of nitrogens with one attached hydrogen (secondary N) is 1. The average Bonchev–Trinajstić information content (AvgIpc) is 2.25. The summed E-state index contributed by atoms with van der Waals surface area (Å²) >= 11 is 0. The number of hydrogen-bond donors (Lipinski definition) is 2. The molecule has 2 nitrogen and oxygen atoms in total. The highest BCUT2D eigenvalue weighted by Crippen LogP contribution is 2.02. The van der Waals surface area contributed by atoms with Crippen LogP contribution in [0.25, 0.3) is 0 Å². The van der Waals surface area contributed by atoms with Crippen LogP contribution in [0.15, 0.2) is 42.5 Å². The maximum Gasteiger partial charge on any atom is 0.0233 e. The van der Waals surface area contributed by atoms with Crippen molar-refractivity contribution in [2.24, 2.45) is 5.73 Å². The van der Waals surface area contributed by atoms with Gasteiger partial charge in [-0.25, -0.2) is 0 Å². The van der Waals surface area contributed by atoms with Gasteiger partial charge in [-0.05, 0) is 18.9 Å². The molecule has 1 atom stereocenters. The summed E-state index contributed by atoms with van der Waals surface area (Å²) in [7, 11) is 0. The Hall–Kier alpha value is -1.12. The van der Waals surface area contributed by atoms with Crippen LogP contribution in [0, 0.1) is 0 Å². The summed E-state index contributed by atoms with van der Waals surface area (Å²) < 4.78 is 0. The van der Waals surface area contributed by atoms with E-state index in [0.717, 1.165) is 18.5 Å². The van der Waals surface area contributed by atoms with Crippen LogP contribution < -0.4 is 11.1 Å². The van der Waals surface area contributed by atoms with E-state index in [1.807, 2.05) is 13.0 Å². The van der Waals surface area contributed by atoms with Gasteiger partial charge >= 0.3 is 0 Å². The van der Waals surface area contributed by atoms with E-state index in [1.165, 1.54) is 5.56 Å². The number of hydrogen-bond acceptors (Lipinski definition) is 2. The molecule has 1 unspecified atom stereocenters. The summed E-state index contributed by atoms with van der Waals surface area (Å²) in [5.74, 6) is 0. The lowest BCUT2D eigenvalue weighted by Crippen LogP contribution is -2.38. The SMILES string of the molecule is C=C(C)CNC(CN)Cc1ccccc1. The first-order chi connectivity index (χ1) is 7.22. The molecule has 15 heavy (non-hydrogen) atoms. The molecule has 0 aromatic heterocycles. The molecule has 82 valence electrons. The van der Waals surface area contributed by atoms with Gasteiger partial charge in [0.2, 0.25) is 0 Å². The Morgan fingerprint density at radius 2 is 2.07 bits per heavy atom. The lowest BCUT2D eigenvalue weighted by molar-refractivity contribution is 0.539. The van der Waals surface area contributed by atoms with Gasteiger partial charge in [-0.1, -0.05) is 42.5 Å². The predicted octanol–water partition coefficient (Wildman–Crippen LogP) is 1.72. The van der Waals surface area contributed by atoms with Crippen molar-refractivity contribution in [3.63, 3.8) is 0 Å². The Morgan fingerprint density at radius 1 is 1.40 bits per heavy atom. The molecule has 0 aliphatic rings. The molecule has 1 rings (SSSR count). The molecular formula is C13H20N2. The van der Waals surface area contributed by atoms with Gasteiger partial charge in [0, 0.05) is 19.1 Å². The molecule has 1 aromatic carbocycles. The normalized spacial score (nSPS) is 12.4. The lowest BCUT2D eigenvalue weighted by atomic mass is 10.1. The van der Waals surface area contributed by atoms with Crippen LogP contribution in [0.4, 0.5) is 0 Å². The van der Waals surface area contributed by atoms with Crippen molar-refractivity contribution in [3.8, 4) is 0 Å². The fourth-order valence-corrected chi connectivity index (χ4v) is 1.46. The first-order valence-electron chi connectivity index (χ1n) is 5.34. The maximum absolute atomic E-state index is 5.71. The van der Waals surface area contributed by atoms with Crippen LogP contribution in [0.1, 0.15) is 12.5 Å². The van der Waals surface area contributed by atoms with Gasteiger partial charge in [0.1, 0.15) is 0 Å². The highest BCUT2D eigenvalue weighted by molar-refractivity contribution is 5.16. The van der Waals surface area contributed by atoms with Crippen LogP contribution in [0.3, 0.4) is 0 Å². The van der Waals surface area contributed by atoms with Crippen molar-refractivity contribution in [1.29, 1.82) is 0 Å². The van der Waals surface area contributed by atoms with Crippen molar-refractivity contribution in [2.75, 3.05) is 13.1 Å². The first kappa shape index (κ1) is 12.0. The Morgan fingerprint density at radius 3 is 2.60 bits per heavy atom. The third-order valence-corrected chi connectivity index (χ3v) is 2.30. The fraction of sp³-hybridized carbons (Fsp3) is 0.385. The molecule has 1 aromatic rings. The van der Waals surface area contributed by atoms with E-state index in [-0.39, 0.29) is 0 Å². The molecule has 0 spiro atoms. The van der Waals surface area contributed by atoms with E-state index in [1.54, 1.807) is 0 Å². The summed E-state index contributed by atoms with van der Waals surface area (Å²) in [6.45, 7) is 7.38. The summed E-state index contributed by atoms with van der Waals surface area (Å²) in [5.41, 5.74) is 8.18. The molecule has 2 heteroatoms. The Labute approximate surface area is 92.2 Å². The molecule has 0 heterocycles. The quantitative estimate of drug-likeness (QED) is 0.692. The average molecular weight is 204 g/mol. The van der Waals surface area contributed by atoms with Crippen molar-refractivity contribution >= 4 is 0 Å². The van der Waals surface area contributed by atoms with Gasteiger partial charge in [0.15, 0.2) is 0 Å². The second-order valence-electron chi connectivity index (χ2n) is 3.96. The lowest BCUT2D eigenvalue weighted by Gasteiger charge is -2.16. The molecule has 0 amide bonds. The zero-order chi connectivity index (χ0) is 11.1. The second-order valence-corrected chi connectivity index (χ2v) is 3.96. The van der Waals surface area contributed by atoms with Gasteiger partial charge < -0.3 is 11.1 Å². The molecule has 3 N–H and O–H groups in total. The molecule has 0 radical (unpaired) electrons. The molecule has 0 saturated heterocycles. The van der Waals surface area contributed by atoms with Crippen LogP contribution in [-0.4, -0.2) is 19.1 Å². The smallest absolute Gasteiger partial charge is 0.0233 e. The zero-order valence-corrected chi connectivity index (χ0v) is 9.37. The van der Waals surface area contributed by atoms with Gasteiger partial charge in [-0.15, -0.1) is 0 Å². The second kappa shape index (κ2) is 6.38. The third-order valence-electron chi connectivity index (χ3n) is 2.30. The van der Waals surface area contributed by atoms with E-state index in [2.05, 4.69) is 36.2 Å². The summed E-state index contributed by atoms with van der Waals surface area (Å²) in [5, 5.41) is 3.39. The standard InChI is InChI=1S/C13H20N2/c1-11(2)10-15-13(9-14)8-12-6-4-3-5-7-12/h3-7,13,15H,1,8-10,14H2,2H3. The van der Waals surface area contributed by atoms with Crippen LogP contribution in [-0.2, 0) is 6.42 Å². The summed E-state index contributed by atoms with van der Waals surface area (Å²) in [4.78, 5) is 0. The van der Waals surface area contributed by atoms with E-state index in [9.17, 15) is 0 Å². The molecule has 0 aliphatic carbocycles. The van der Waals surface area contributed by atoms with Crippen LogP contribution >= 0.6 is 0 Å². The van der Waals surface area contributed by atoms with Gasteiger partial charge in [0.05, 0.1) is 0 Å². The van der Waals surface area contributed by atoms with E-state index < -0.39 is 0 Å². The van der Waals surface area contributed by atoms with E-state index >= 15 is 0 Å². The predicted molar refractivity (Wildman–Crippen MR) is 65.8 cm³/mol. The Balaban J connectivity index is 2.43. The molecule has 0 fully saturated rings. The number of benzene rings is 1. The summed E-state index contributed by atoms with van der Waals surface area (Å²) in [6.07, 6.45) is 0.977. The topological polar surface area (TPSA) is 38.0 Å². The van der Waals surface area contributed by atoms with Crippen molar-refractivity contribution in [1.82, 2.24) is 5.32 Å². The number of nitrogens with two attached hydrogens (primary N) is 1. The first-order valence-corrected chi connectivity index (χ1v) is 5.34. The third kappa shape index (κ3) is 4.77. The highest BCUT2D eigenvalue weighted by Gasteiger charge is 2.05. The van der Waals surface area contributed by atoms with Gasteiger partial charge in [-0.2, -0.15) is 0 Å². The number of rotatable bonds is 6. The van der Waals surface area contributed by atoms with Crippen LogP contribution in [0.2, 0.25) is 0 Å². The molecular weight excluding hydrogens is 184 g/mol. The van der Waals surface area contributed by atoms with E-state index in [4.69, 9.17) is 5.73 Å². The molecule has 0 bridgehead atoms. The Bertz CT molecular complexity index is 293. The molecule has 0 saturated carbocycles. The monoisotopic (exact) mass is 204 g/mol. The minimum Gasteiger partial charge on any atom is -0.329 e. The van der Waals surface area contributed by atoms with Gasteiger partial charge in [-0.3, -0.25) is 0 Å². The van der Waals surface area contributed by atoms with Crippen molar-refractivity contribution in [3.05, 3.63) is 48.0 Å². The molecule has 0 aliphatic heterocycles. The van der Waals surface area contributed by atoms with Crippen LogP contribution in [0.5, 0.6) is 0 Å². The van der Waals surface area contributed by atoms with Crippen molar-refractivity contribution < 1.29 is 0 Å². The minimum atomic E-state index is 0.337. The largest absolute Gasteiger partial charge is 0.329 e. The minimum absolute atomic E-state index is 0.337. The van der Waals surface area contributed by atoms with E-state index in [0.29, 0.717) is 12.6 Å². The van der Waals surface area contributed by atoms with Crippen molar-refractivity contribution in [2.45, 2.75) is 19.4 Å².